The van der Waals surface area contributed by atoms with Crippen LogP contribution < -0.4 is 0 Å². The Balaban J connectivity index is 2.34. The molecule has 1 aromatic carbocycles. The Kier molecular flexibility index (Phi) is 2.35. The molecule has 0 fully saturated rings. The molecule has 0 saturated carbocycles. The van der Waals surface area contributed by atoms with Gasteiger partial charge in [-0.2, -0.15) is 5.10 Å². The zero-order chi connectivity index (χ0) is 9.97. The van der Waals surface area contributed by atoms with E-state index in [9.17, 15) is 0 Å². The van der Waals surface area contributed by atoms with Crippen molar-refractivity contribution in [2.75, 3.05) is 0 Å². The number of aromatic nitrogens is 2. The molecule has 0 aliphatic heterocycles. The maximum atomic E-state index is 4.27. The van der Waals surface area contributed by atoms with Gasteiger partial charge in [0.1, 0.15) is 0 Å². The molecule has 0 unspecified atom stereocenters. The average Bonchev–Trinajstić information content (AvgIpc) is 2.68. The first-order chi connectivity index (χ1) is 6.77. The third-order valence-corrected chi connectivity index (χ3v) is 2.27. The average molecular weight is 186 g/mol. The summed E-state index contributed by atoms with van der Waals surface area (Å²) in [6.45, 7) is 4.29. The van der Waals surface area contributed by atoms with Crippen molar-refractivity contribution in [1.82, 2.24) is 10.2 Å². The Morgan fingerprint density at radius 2 is 1.86 bits per heavy atom. The first-order valence-corrected chi connectivity index (χ1v) is 4.88. The van der Waals surface area contributed by atoms with Crippen molar-refractivity contribution in [3.05, 3.63) is 42.1 Å². The predicted octanol–water partition coefficient (Wildman–Crippen LogP) is 3.20. The Morgan fingerprint density at radius 3 is 2.43 bits per heavy atom. The Bertz CT molecular complexity index is 401. The molecule has 0 bridgehead atoms. The van der Waals surface area contributed by atoms with E-state index in [1.54, 1.807) is 0 Å². The third kappa shape index (κ3) is 1.69. The van der Waals surface area contributed by atoms with Crippen LogP contribution in [-0.2, 0) is 0 Å². The second-order valence-electron chi connectivity index (χ2n) is 3.73. The fourth-order valence-electron chi connectivity index (χ4n) is 1.40. The van der Waals surface area contributed by atoms with Crippen LogP contribution in [0, 0.1) is 0 Å². The van der Waals surface area contributed by atoms with Gasteiger partial charge in [0.05, 0.1) is 11.4 Å². The van der Waals surface area contributed by atoms with Gasteiger partial charge in [-0.05, 0) is 17.5 Å². The summed E-state index contributed by atoms with van der Waals surface area (Å²) in [4.78, 5) is 0. The highest BCUT2D eigenvalue weighted by atomic mass is 15.1. The van der Waals surface area contributed by atoms with Crippen LogP contribution >= 0.6 is 0 Å². The van der Waals surface area contributed by atoms with Crippen LogP contribution in [-0.4, -0.2) is 10.2 Å². The summed E-state index contributed by atoms with van der Waals surface area (Å²) < 4.78 is 0. The molecule has 0 spiro atoms. The van der Waals surface area contributed by atoms with E-state index in [-0.39, 0.29) is 0 Å². The smallest absolute Gasteiger partial charge is 0.0654 e. The maximum absolute atomic E-state index is 4.27. The lowest BCUT2D eigenvalue weighted by molar-refractivity contribution is 0.811. The molecule has 2 rings (SSSR count). The molecule has 14 heavy (non-hydrogen) atoms. The lowest BCUT2D eigenvalue weighted by Gasteiger charge is -1.96. The van der Waals surface area contributed by atoms with Crippen LogP contribution in [0.1, 0.15) is 25.5 Å². The summed E-state index contributed by atoms with van der Waals surface area (Å²) >= 11 is 0. The molecular formula is C12H14N2. The molecule has 2 nitrogen and oxygen atoms in total. The first kappa shape index (κ1) is 9.00. The molecule has 0 radical (unpaired) electrons. The molecular weight excluding hydrogens is 172 g/mol. The number of nitrogens with zero attached hydrogens (tertiary/aromatic N) is 1. The minimum atomic E-state index is 0.476. The summed E-state index contributed by atoms with van der Waals surface area (Å²) in [7, 11) is 0. The van der Waals surface area contributed by atoms with Gasteiger partial charge in [-0.15, -0.1) is 0 Å². The summed E-state index contributed by atoms with van der Waals surface area (Å²) in [5.41, 5.74) is 3.39. The molecule has 0 aliphatic rings. The molecule has 0 atom stereocenters. The molecule has 0 aliphatic carbocycles. The van der Waals surface area contributed by atoms with Crippen LogP contribution in [0.15, 0.2) is 36.4 Å². The summed E-state index contributed by atoms with van der Waals surface area (Å²) in [6, 6.07) is 12.4. The van der Waals surface area contributed by atoms with Crippen molar-refractivity contribution in [2.24, 2.45) is 0 Å². The third-order valence-electron chi connectivity index (χ3n) is 2.27. The standard InChI is InChI=1S/C12H14N2/c1-9(2)11-8-12(14-13-11)10-6-4-3-5-7-10/h3-9H,1-2H3,(H,13,14). The van der Waals surface area contributed by atoms with E-state index in [0.29, 0.717) is 5.92 Å². The number of rotatable bonds is 2. The number of hydrogen-bond donors (Lipinski definition) is 1. The zero-order valence-electron chi connectivity index (χ0n) is 8.49. The van der Waals surface area contributed by atoms with Crippen LogP contribution in [0.5, 0.6) is 0 Å². The first-order valence-electron chi connectivity index (χ1n) is 4.88. The van der Waals surface area contributed by atoms with Crippen molar-refractivity contribution in [3.63, 3.8) is 0 Å². The minimum absolute atomic E-state index is 0.476. The van der Waals surface area contributed by atoms with E-state index >= 15 is 0 Å². The fourth-order valence-corrected chi connectivity index (χ4v) is 1.40. The van der Waals surface area contributed by atoms with Crippen LogP contribution in [0.3, 0.4) is 0 Å². The predicted molar refractivity (Wildman–Crippen MR) is 58.1 cm³/mol. The van der Waals surface area contributed by atoms with Crippen molar-refractivity contribution in [1.29, 1.82) is 0 Å². The summed E-state index contributed by atoms with van der Waals surface area (Å²) in [5, 5.41) is 7.32. The fraction of sp³-hybridized carbons (Fsp3) is 0.250. The van der Waals surface area contributed by atoms with Gasteiger partial charge in [0.2, 0.25) is 0 Å². The summed E-state index contributed by atoms with van der Waals surface area (Å²) in [6.07, 6.45) is 0. The van der Waals surface area contributed by atoms with Gasteiger partial charge < -0.3 is 0 Å². The quantitative estimate of drug-likeness (QED) is 0.766. The van der Waals surface area contributed by atoms with Gasteiger partial charge in [0, 0.05) is 0 Å². The Labute approximate surface area is 84.0 Å². The second-order valence-corrected chi connectivity index (χ2v) is 3.73. The number of aromatic amines is 1. The molecule has 2 aromatic rings. The molecule has 72 valence electrons. The number of hydrogen-bond acceptors (Lipinski definition) is 1. The molecule has 1 heterocycles. The monoisotopic (exact) mass is 186 g/mol. The van der Waals surface area contributed by atoms with E-state index in [1.807, 2.05) is 18.2 Å². The number of benzene rings is 1. The van der Waals surface area contributed by atoms with Gasteiger partial charge in [0.25, 0.3) is 0 Å². The lowest BCUT2D eigenvalue weighted by atomic mass is 10.1. The second kappa shape index (κ2) is 3.66. The number of H-pyrrole nitrogens is 1. The van der Waals surface area contributed by atoms with Crippen molar-refractivity contribution >= 4 is 0 Å². The molecule has 2 heteroatoms. The van der Waals surface area contributed by atoms with Crippen molar-refractivity contribution < 1.29 is 0 Å². The minimum Gasteiger partial charge on any atom is -0.278 e. The van der Waals surface area contributed by atoms with Gasteiger partial charge in [-0.25, -0.2) is 0 Å². The van der Waals surface area contributed by atoms with Gasteiger partial charge in [0.15, 0.2) is 0 Å². The molecule has 1 N–H and O–H groups in total. The van der Waals surface area contributed by atoms with E-state index in [2.05, 4.69) is 42.2 Å². The highest BCUT2D eigenvalue weighted by Crippen LogP contribution is 2.20. The maximum Gasteiger partial charge on any atom is 0.0654 e. The molecule has 1 aromatic heterocycles. The molecule has 0 saturated heterocycles. The lowest BCUT2D eigenvalue weighted by Crippen LogP contribution is -1.85. The van der Waals surface area contributed by atoms with Gasteiger partial charge >= 0.3 is 0 Å². The van der Waals surface area contributed by atoms with Crippen molar-refractivity contribution in [2.45, 2.75) is 19.8 Å². The van der Waals surface area contributed by atoms with E-state index in [0.717, 1.165) is 11.4 Å². The molecule has 0 amide bonds. The van der Waals surface area contributed by atoms with Crippen molar-refractivity contribution in [3.8, 4) is 11.3 Å². The largest absolute Gasteiger partial charge is 0.278 e. The van der Waals surface area contributed by atoms with Crippen LogP contribution in [0.4, 0.5) is 0 Å². The topological polar surface area (TPSA) is 28.7 Å². The Morgan fingerprint density at radius 1 is 1.14 bits per heavy atom. The summed E-state index contributed by atoms with van der Waals surface area (Å²) in [5.74, 6) is 0.476. The normalized spacial score (nSPS) is 10.8. The highest BCUT2D eigenvalue weighted by molar-refractivity contribution is 5.58. The highest BCUT2D eigenvalue weighted by Gasteiger charge is 2.05. The van der Waals surface area contributed by atoms with Crippen LogP contribution in [0.25, 0.3) is 11.3 Å². The van der Waals surface area contributed by atoms with Gasteiger partial charge in [-0.1, -0.05) is 44.2 Å². The van der Waals surface area contributed by atoms with E-state index in [1.165, 1.54) is 5.56 Å². The SMILES string of the molecule is CC(C)c1cc(-c2ccccc2)[nH]n1. The number of nitrogens with one attached hydrogen (secondary N) is 1. The van der Waals surface area contributed by atoms with Crippen LogP contribution in [0.2, 0.25) is 0 Å². The Hall–Kier alpha value is -1.57. The zero-order valence-corrected chi connectivity index (χ0v) is 8.49. The van der Waals surface area contributed by atoms with Gasteiger partial charge in [-0.3, -0.25) is 5.10 Å². The van der Waals surface area contributed by atoms with E-state index in [4.69, 9.17) is 0 Å². The van der Waals surface area contributed by atoms with E-state index < -0.39 is 0 Å².